The number of piperidine rings is 1. The summed E-state index contributed by atoms with van der Waals surface area (Å²) >= 11 is 0. The predicted octanol–water partition coefficient (Wildman–Crippen LogP) is 2.09. The van der Waals surface area contributed by atoms with E-state index in [1.54, 1.807) is 4.90 Å². The van der Waals surface area contributed by atoms with Crippen molar-refractivity contribution in [3.8, 4) is 0 Å². The van der Waals surface area contributed by atoms with Gasteiger partial charge in [-0.1, -0.05) is 6.92 Å². The molecule has 126 valence electrons. The second-order valence-electron chi connectivity index (χ2n) is 6.64. The van der Waals surface area contributed by atoms with Crippen LogP contribution in [0.2, 0.25) is 0 Å². The molecule has 0 spiro atoms. The topological polar surface area (TPSA) is 78.9 Å². The lowest BCUT2D eigenvalue weighted by atomic mass is 9.91. The third kappa shape index (κ3) is 5.16. The number of carbonyl (C=O) groups is 2. The Morgan fingerprint density at radius 1 is 1.32 bits per heavy atom. The summed E-state index contributed by atoms with van der Waals surface area (Å²) in [6.45, 7) is 4.44. The number of likely N-dealkylation sites (tertiary alicyclic amines) is 1. The average molecular weight is 312 g/mol. The third-order valence-corrected chi connectivity index (χ3v) is 4.55. The number of nitrogens with one attached hydrogen (secondary N) is 1. The first-order valence-corrected chi connectivity index (χ1v) is 8.43. The maximum atomic E-state index is 12.2. The van der Waals surface area contributed by atoms with Crippen LogP contribution in [0.3, 0.4) is 0 Å². The normalized spacial score (nSPS) is 29.1. The summed E-state index contributed by atoms with van der Waals surface area (Å²) in [6.07, 6.45) is 6.40. The van der Waals surface area contributed by atoms with Gasteiger partial charge in [-0.05, 0) is 44.4 Å². The number of aliphatic carboxylic acids is 1. The Morgan fingerprint density at radius 3 is 2.82 bits per heavy atom. The monoisotopic (exact) mass is 312 g/mol. The number of amides is 2. The van der Waals surface area contributed by atoms with Gasteiger partial charge in [-0.25, -0.2) is 4.79 Å². The molecule has 0 bridgehead atoms. The number of carboxylic acid groups (broad SMARTS) is 1. The molecule has 0 radical (unpaired) electrons. The SMILES string of the molecule is CC1CC(C(=O)O)CN(C(=O)NCCCC2CCCCO2)C1. The number of rotatable bonds is 5. The highest BCUT2D eigenvalue weighted by Crippen LogP contribution is 2.22. The summed E-state index contributed by atoms with van der Waals surface area (Å²) in [7, 11) is 0. The molecule has 6 heteroatoms. The van der Waals surface area contributed by atoms with Gasteiger partial charge in [0.15, 0.2) is 0 Å². The largest absolute Gasteiger partial charge is 0.481 e. The van der Waals surface area contributed by atoms with Gasteiger partial charge in [-0.15, -0.1) is 0 Å². The molecular formula is C16H28N2O4. The first-order chi connectivity index (χ1) is 10.6. The lowest BCUT2D eigenvalue weighted by Crippen LogP contribution is -2.49. The minimum absolute atomic E-state index is 0.137. The molecule has 2 saturated heterocycles. The maximum Gasteiger partial charge on any atom is 0.317 e. The minimum atomic E-state index is -0.807. The number of hydrogen-bond donors (Lipinski definition) is 2. The molecule has 3 unspecified atom stereocenters. The maximum absolute atomic E-state index is 12.2. The van der Waals surface area contributed by atoms with Crippen molar-refractivity contribution >= 4 is 12.0 Å². The Balaban J connectivity index is 1.66. The molecule has 2 fully saturated rings. The number of carboxylic acids is 1. The van der Waals surface area contributed by atoms with Crippen LogP contribution in [0.5, 0.6) is 0 Å². The summed E-state index contributed by atoms with van der Waals surface area (Å²) in [5.74, 6) is -1.01. The van der Waals surface area contributed by atoms with Crippen molar-refractivity contribution in [1.82, 2.24) is 10.2 Å². The Kier molecular flexibility index (Phi) is 6.49. The van der Waals surface area contributed by atoms with Gasteiger partial charge < -0.3 is 20.1 Å². The van der Waals surface area contributed by atoms with Crippen LogP contribution in [0.1, 0.15) is 45.4 Å². The van der Waals surface area contributed by atoms with Crippen molar-refractivity contribution in [2.24, 2.45) is 11.8 Å². The van der Waals surface area contributed by atoms with E-state index in [9.17, 15) is 9.59 Å². The number of hydrogen-bond acceptors (Lipinski definition) is 3. The number of ether oxygens (including phenoxy) is 1. The van der Waals surface area contributed by atoms with E-state index in [0.717, 1.165) is 32.3 Å². The third-order valence-electron chi connectivity index (χ3n) is 4.55. The minimum Gasteiger partial charge on any atom is -0.481 e. The molecule has 0 aromatic carbocycles. The van der Waals surface area contributed by atoms with Gasteiger partial charge in [0.25, 0.3) is 0 Å². The second kappa shape index (κ2) is 8.36. The zero-order valence-corrected chi connectivity index (χ0v) is 13.4. The highest BCUT2D eigenvalue weighted by atomic mass is 16.5. The van der Waals surface area contributed by atoms with E-state index >= 15 is 0 Å². The van der Waals surface area contributed by atoms with Crippen molar-refractivity contribution in [2.45, 2.75) is 51.6 Å². The van der Waals surface area contributed by atoms with Gasteiger partial charge in [0.05, 0.1) is 12.0 Å². The molecule has 6 nitrogen and oxygen atoms in total. The first-order valence-electron chi connectivity index (χ1n) is 8.43. The standard InChI is InChI=1S/C16H28N2O4/c1-12-9-13(15(19)20)11-18(10-12)16(21)17-7-4-6-14-5-2-3-8-22-14/h12-14H,2-11H2,1H3,(H,17,21)(H,19,20). The van der Waals surface area contributed by atoms with E-state index in [1.165, 1.54) is 6.42 Å². The van der Waals surface area contributed by atoms with Gasteiger partial charge in [-0.3, -0.25) is 4.79 Å². The molecule has 2 heterocycles. The molecule has 0 aromatic rings. The van der Waals surface area contributed by atoms with E-state index < -0.39 is 11.9 Å². The van der Waals surface area contributed by atoms with Crippen LogP contribution in [0.4, 0.5) is 4.79 Å². The zero-order chi connectivity index (χ0) is 15.9. The second-order valence-corrected chi connectivity index (χ2v) is 6.64. The van der Waals surface area contributed by atoms with Crippen LogP contribution < -0.4 is 5.32 Å². The van der Waals surface area contributed by atoms with Gasteiger partial charge in [-0.2, -0.15) is 0 Å². The van der Waals surface area contributed by atoms with Crippen molar-refractivity contribution in [3.63, 3.8) is 0 Å². The quantitative estimate of drug-likeness (QED) is 0.762. The van der Waals surface area contributed by atoms with E-state index in [-0.39, 0.29) is 11.9 Å². The highest BCUT2D eigenvalue weighted by Gasteiger charge is 2.31. The van der Waals surface area contributed by atoms with Crippen LogP contribution in [0.25, 0.3) is 0 Å². The number of urea groups is 1. The molecular weight excluding hydrogens is 284 g/mol. The van der Waals surface area contributed by atoms with Crippen molar-refractivity contribution in [1.29, 1.82) is 0 Å². The van der Waals surface area contributed by atoms with Crippen LogP contribution >= 0.6 is 0 Å². The van der Waals surface area contributed by atoms with Crippen LogP contribution in [-0.2, 0) is 9.53 Å². The van der Waals surface area contributed by atoms with Gasteiger partial charge in [0.1, 0.15) is 0 Å². The molecule has 2 aliphatic rings. The lowest BCUT2D eigenvalue weighted by Gasteiger charge is -2.34. The predicted molar refractivity (Wildman–Crippen MR) is 82.7 cm³/mol. The first kappa shape index (κ1) is 17.1. The summed E-state index contributed by atoms with van der Waals surface area (Å²) < 4.78 is 5.67. The Morgan fingerprint density at radius 2 is 2.14 bits per heavy atom. The van der Waals surface area contributed by atoms with E-state index in [4.69, 9.17) is 9.84 Å². The molecule has 2 aliphatic heterocycles. The van der Waals surface area contributed by atoms with E-state index in [2.05, 4.69) is 5.32 Å². The van der Waals surface area contributed by atoms with Gasteiger partial charge in [0, 0.05) is 26.2 Å². The van der Waals surface area contributed by atoms with Crippen LogP contribution in [-0.4, -0.2) is 54.4 Å². The Hall–Kier alpha value is -1.30. The van der Waals surface area contributed by atoms with E-state index in [0.29, 0.717) is 32.2 Å². The van der Waals surface area contributed by atoms with E-state index in [1.807, 2.05) is 6.92 Å². The fourth-order valence-corrected chi connectivity index (χ4v) is 3.37. The number of carbonyl (C=O) groups excluding carboxylic acids is 1. The average Bonchev–Trinajstić information content (AvgIpc) is 2.51. The molecule has 2 N–H and O–H groups in total. The summed E-state index contributed by atoms with van der Waals surface area (Å²) in [6, 6.07) is -0.137. The Bertz CT molecular complexity index is 382. The van der Waals surface area contributed by atoms with Crippen molar-refractivity contribution in [2.75, 3.05) is 26.2 Å². The Labute approximate surface area is 132 Å². The fraction of sp³-hybridized carbons (Fsp3) is 0.875. The van der Waals surface area contributed by atoms with Crippen LogP contribution in [0, 0.1) is 11.8 Å². The molecule has 3 atom stereocenters. The molecule has 2 amide bonds. The fourth-order valence-electron chi connectivity index (χ4n) is 3.37. The summed E-state index contributed by atoms with van der Waals surface area (Å²) in [5.41, 5.74) is 0. The lowest BCUT2D eigenvalue weighted by molar-refractivity contribution is -0.143. The number of nitrogens with zero attached hydrogens (tertiary/aromatic N) is 1. The molecule has 0 saturated carbocycles. The smallest absolute Gasteiger partial charge is 0.317 e. The van der Waals surface area contributed by atoms with Crippen molar-refractivity contribution in [3.05, 3.63) is 0 Å². The zero-order valence-electron chi connectivity index (χ0n) is 13.4. The van der Waals surface area contributed by atoms with Gasteiger partial charge in [0.2, 0.25) is 0 Å². The highest BCUT2D eigenvalue weighted by molar-refractivity contribution is 5.76. The van der Waals surface area contributed by atoms with Crippen LogP contribution in [0.15, 0.2) is 0 Å². The molecule has 2 rings (SSSR count). The van der Waals surface area contributed by atoms with Crippen molar-refractivity contribution < 1.29 is 19.4 Å². The molecule has 0 aromatic heterocycles. The van der Waals surface area contributed by atoms with Gasteiger partial charge >= 0.3 is 12.0 Å². The summed E-state index contributed by atoms with van der Waals surface area (Å²) in [4.78, 5) is 24.9. The summed E-state index contributed by atoms with van der Waals surface area (Å²) in [5, 5.41) is 12.1. The molecule has 22 heavy (non-hydrogen) atoms. The molecule has 0 aliphatic carbocycles.